The van der Waals surface area contributed by atoms with Crippen molar-refractivity contribution in [2.75, 3.05) is 19.5 Å². The topological polar surface area (TPSA) is 9.23 Å². The van der Waals surface area contributed by atoms with Gasteiger partial charge in [0.2, 0.25) is 0 Å². The van der Waals surface area contributed by atoms with Crippen molar-refractivity contribution in [2.45, 2.75) is 13.3 Å². The van der Waals surface area contributed by atoms with Crippen LogP contribution >= 0.6 is 7.49 Å². The first-order valence-electron chi connectivity index (χ1n) is 4.88. The standard InChI is InChI=1S/C11H19OP/c1-4-10-13(2,3)12-11-8-6-5-7-9-11/h5-9,13H,4,10H2,1-3H3. The third-order valence-corrected chi connectivity index (χ3v) is 4.48. The molecule has 0 bridgehead atoms. The summed E-state index contributed by atoms with van der Waals surface area (Å²) < 4.78 is 5.98. The van der Waals surface area contributed by atoms with E-state index in [0.717, 1.165) is 5.75 Å². The van der Waals surface area contributed by atoms with Gasteiger partial charge in [0.05, 0.1) is 0 Å². The van der Waals surface area contributed by atoms with Gasteiger partial charge in [0.15, 0.2) is 0 Å². The Labute approximate surface area is 81.5 Å². The quantitative estimate of drug-likeness (QED) is 0.674. The Morgan fingerprint density at radius 1 is 1.15 bits per heavy atom. The maximum atomic E-state index is 5.98. The van der Waals surface area contributed by atoms with Crippen LogP contribution in [0.25, 0.3) is 0 Å². The molecule has 0 unspecified atom stereocenters. The van der Waals surface area contributed by atoms with Crippen molar-refractivity contribution in [3.05, 3.63) is 30.3 Å². The third kappa shape index (κ3) is 3.78. The fraction of sp³-hybridized carbons (Fsp3) is 0.455. The summed E-state index contributed by atoms with van der Waals surface area (Å²) in [7, 11) is -1.44. The van der Waals surface area contributed by atoms with E-state index >= 15 is 0 Å². The molecule has 0 radical (unpaired) electrons. The van der Waals surface area contributed by atoms with Crippen LogP contribution in [0, 0.1) is 0 Å². The molecule has 0 saturated carbocycles. The molecule has 2 heteroatoms. The Morgan fingerprint density at radius 3 is 2.31 bits per heavy atom. The van der Waals surface area contributed by atoms with E-state index in [1.807, 2.05) is 30.3 Å². The number of hydrogen-bond acceptors (Lipinski definition) is 1. The predicted octanol–water partition coefficient (Wildman–Crippen LogP) is 3.40. The van der Waals surface area contributed by atoms with Gasteiger partial charge < -0.3 is 0 Å². The Hall–Kier alpha value is -0.550. The van der Waals surface area contributed by atoms with Crippen molar-refractivity contribution >= 4 is 7.49 Å². The average molecular weight is 198 g/mol. The summed E-state index contributed by atoms with van der Waals surface area (Å²) in [6, 6.07) is 10.1. The van der Waals surface area contributed by atoms with Gasteiger partial charge in [-0.3, -0.25) is 0 Å². The molecule has 1 aromatic carbocycles. The van der Waals surface area contributed by atoms with Crippen molar-refractivity contribution in [1.29, 1.82) is 0 Å². The van der Waals surface area contributed by atoms with Gasteiger partial charge in [-0.05, 0) is 0 Å². The van der Waals surface area contributed by atoms with Gasteiger partial charge >= 0.3 is 80.9 Å². The van der Waals surface area contributed by atoms with Gasteiger partial charge in [0, 0.05) is 0 Å². The van der Waals surface area contributed by atoms with Gasteiger partial charge in [-0.2, -0.15) is 0 Å². The second-order valence-electron chi connectivity index (χ2n) is 3.92. The van der Waals surface area contributed by atoms with Crippen LogP contribution in [0.15, 0.2) is 30.3 Å². The van der Waals surface area contributed by atoms with E-state index in [1.165, 1.54) is 12.6 Å². The zero-order valence-corrected chi connectivity index (χ0v) is 9.71. The molecule has 0 aliphatic rings. The molecule has 1 aromatic rings. The molecule has 13 heavy (non-hydrogen) atoms. The Bertz CT molecular complexity index is 244. The molecule has 0 atom stereocenters. The molecule has 74 valence electrons. The number of para-hydroxylation sites is 1. The normalized spacial score (nSPS) is 12.5. The van der Waals surface area contributed by atoms with Gasteiger partial charge in [0.1, 0.15) is 0 Å². The minimum atomic E-state index is -1.44. The van der Waals surface area contributed by atoms with E-state index in [-0.39, 0.29) is 0 Å². The fourth-order valence-corrected chi connectivity index (χ4v) is 3.54. The van der Waals surface area contributed by atoms with Crippen LogP contribution in [-0.4, -0.2) is 19.5 Å². The molecule has 0 amide bonds. The van der Waals surface area contributed by atoms with Gasteiger partial charge in [-0.25, -0.2) is 0 Å². The summed E-state index contributed by atoms with van der Waals surface area (Å²) in [5.41, 5.74) is 0. The number of hydrogen-bond donors (Lipinski definition) is 0. The van der Waals surface area contributed by atoms with E-state index in [1.54, 1.807) is 0 Å². The zero-order valence-electron chi connectivity index (χ0n) is 8.71. The Kier molecular flexibility index (Phi) is 3.74. The summed E-state index contributed by atoms with van der Waals surface area (Å²) in [6.45, 7) is 6.75. The Morgan fingerprint density at radius 2 is 1.77 bits per heavy atom. The summed E-state index contributed by atoms with van der Waals surface area (Å²) in [6.07, 6.45) is 2.44. The second kappa shape index (κ2) is 4.62. The van der Waals surface area contributed by atoms with E-state index < -0.39 is 7.49 Å². The first-order chi connectivity index (χ1) is 6.14. The molecule has 0 aliphatic heterocycles. The predicted molar refractivity (Wildman–Crippen MR) is 62.4 cm³/mol. The third-order valence-electron chi connectivity index (χ3n) is 1.99. The molecule has 0 N–H and O–H groups in total. The van der Waals surface area contributed by atoms with Crippen molar-refractivity contribution < 1.29 is 4.52 Å². The maximum absolute atomic E-state index is 5.98. The van der Waals surface area contributed by atoms with E-state index in [4.69, 9.17) is 4.52 Å². The Balaban J connectivity index is 2.58. The summed E-state index contributed by atoms with van der Waals surface area (Å²) >= 11 is 0. The summed E-state index contributed by atoms with van der Waals surface area (Å²) in [4.78, 5) is 0. The molecule has 0 aromatic heterocycles. The zero-order chi connectivity index (χ0) is 9.73. The molecule has 0 fully saturated rings. The van der Waals surface area contributed by atoms with Gasteiger partial charge in [0.25, 0.3) is 0 Å². The van der Waals surface area contributed by atoms with Crippen LogP contribution < -0.4 is 4.52 Å². The molecule has 0 spiro atoms. The van der Waals surface area contributed by atoms with Gasteiger partial charge in [-0.1, -0.05) is 0 Å². The fourth-order valence-electron chi connectivity index (χ4n) is 1.46. The van der Waals surface area contributed by atoms with Crippen LogP contribution in [-0.2, 0) is 0 Å². The monoisotopic (exact) mass is 198 g/mol. The van der Waals surface area contributed by atoms with Crippen molar-refractivity contribution in [1.82, 2.24) is 0 Å². The first-order valence-corrected chi connectivity index (χ1v) is 7.99. The molecular weight excluding hydrogens is 179 g/mol. The number of rotatable bonds is 4. The molecule has 1 nitrogen and oxygen atoms in total. The van der Waals surface area contributed by atoms with Crippen LogP contribution in [0.2, 0.25) is 0 Å². The van der Waals surface area contributed by atoms with E-state index in [2.05, 4.69) is 20.3 Å². The minimum absolute atomic E-state index is 1.02. The second-order valence-corrected chi connectivity index (χ2v) is 8.15. The van der Waals surface area contributed by atoms with Crippen molar-refractivity contribution in [2.24, 2.45) is 0 Å². The van der Waals surface area contributed by atoms with Gasteiger partial charge in [-0.15, -0.1) is 0 Å². The summed E-state index contributed by atoms with van der Waals surface area (Å²) in [5, 5.41) is 0. The van der Waals surface area contributed by atoms with Crippen molar-refractivity contribution in [3.8, 4) is 5.75 Å². The molecule has 0 saturated heterocycles. The van der Waals surface area contributed by atoms with E-state index in [0.29, 0.717) is 0 Å². The summed E-state index contributed by atoms with van der Waals surface area (Å²) in [5.74, 6) is 1.02. The molecule has 1 rings (SSSR count). The van der Waals surface area contributed by atoms with Crippen LogP contribution in [0.5, 0.6) is 5.75 Å². The molecule has 0 aliphatic carbocycles. The first kappa shape index (κ1) is 10.5. The van der Waals surface area contributed by atoms with Crippen molar-refractivity contribution in [3.63, 3.8) is 0 Å². The SMILES string of the molecule is CCC[PH](C)(C)Oc1ccccc1. The van der Waals surface area contributed by atoms with Crippen LogP contribution in [0.1, 0.15) is 13.3 Å². The van der Waals surface area contributed by atoms with E-state index in [9.17, 15) is 0 Å². The molecular formula is C11H19OP. The molecule has 0 heterocycles. The average Bonchev–Trinajstić information content (AvgIpc) is 2.04. The van der Waals surface area contributed by atoms with Crippen LogP contribution in [0.4, 0.5) is 0 Å². The number of benzene rings is 1. The van der Waals surface area contributed by atoms with Crippen LogP contribution in [0.3, 0.4) is 0 Å².